The molecular formula is C22H27N7O2. The van der Waals surface area contributed by atoms with Gasteiger partial charge in [0.05, 0.1) is 18.5 Å². The molecule has 0 spiro atoms. The van der Waals surface area contributed by atoms with E-state index in [9.17, 15) is 4.79 Å². The maximum atomic E-state index is 11.8. The SMILES string of the molecule is C=CC(=O)Nc1cc(Nc2cc(NC3CCCNC3)nc3ccnn23)ccc1OCC. The minimum Gasteiger partial charge on any atom is -0.492 e. The average molecular weight is 422 g/mol. The number of amides is 1. The number of nitrogens with zero attached hydrogens (tertiary/aromatic N) is 3. The Balaban J connectivity index is 1.62. The summed E-state index contributed by atoms with van der Waals surface area (Å²) in [7, 11) is 0. The lowest BCUT2D eigenvalue weighted by molar-refractivity contribution is -0.111. The fourth-order valence-corrected chi connectivity index (χ4v) is 3.58. The number of nitrogens with one attached hydrogen (secondary N) is 4. The van der Waals surface area contributed by atoms with E-state index in [1.165, 1.54) is 6.08 Å². The third-order valence-electron chi connectivity index (χ3n) is 5.00. The standard InChI is InChI=1S/C22H27N7O2/c1-3-22(30)27-17-12-15(7-8-18(17)31-4-2)26-21-13-19(25-16-6-5-10-23-14-16)28-20-9-11-24-29(20)21/h3,7-9,11-13,16,23,26H,1,4-6,10,14H2,2H3,(H,25,28)(H,27,30). The van der Waals surface area contributed by atoms with Crippen molar-refractivity contribution in [3.63, 3.8) is 0 Å². The van der Waals surface area contributed by atoms with E-state index in [4.69, 9.17) is 4.74 Å². The molecule has 1 unspecified atom stereocenters. The lowest BCUT2D eigenvalue weighted by Crippen LogP contribution is -2.38. The molecule has 1 aliphatic heterocycles. The largest absolute Gasteiger partial charge is 0.492 e. The molecule has 3 aromatic rings. The predicted octanol–water partition coefficient (Wildman–Crippen LogP) is 3.16. The number of carbonyl (C=O) groups excluding carboxylic acids is 1. The Morgan fingerprint density at radius 3 is 3.06 bits per heavy atom. The molecule has 1 atom stereocenters. The first kappa shape index (κ1) is 20.7. The second-order valence-corrected chi connectivity index (χ2v) is 7.28. The Hall–Kier alpha value is -3.59. The van der Waals surface area contributed by atoms with E-state index in [0.717, 1.165) is 48.9 Å². The molecule has 0 saturated carbocycles. The Labute approximate surface area is 180 Å². The molecule has 1 aromatic carbocycles. The molecule has 0 bridgehead atoms. The van der Waals surface area contributed by atoms with Gasteiger partial charge in [-0.2, -0.15) is 9.61 Å². The molecule has 4 rings (SSSR count). The molecule has 4 N–H and O–H groups in total. The van der Waals surface area contributed by atoms with Crippen LogP contribution in [0.25, 0.3) is 5.65 Å². The van der Waals surface area contributed by atoms with Gasteiger partial charge in [0, 0.05) is 30.4 Å². The fraction of sp³-hybridized carbons (Fsp3) is 0.318. The van der Waals surface area contributed by atoms with Gasteiger partial charge >= 0.3 is 0 Å². The van der Waals surface area contributed by atoms with Gasteiger partial charge in [-0.3, -0.25) is 4.79 Å². The number of piperidine rings is 1. The summed E-state index contributed by atoms with van der Waals surface area (Å²) >= 11 is 0. The number of hydrogen-bond donors (Lipinski definition) is 4. The van der Waals surface area contributed by atoms with Crippen molar-refractivity contribution in [3.05, 3.63) is 49.2 Å². The summed E-state index contributed by atoms with van der Waals surface area (Å²) in [6, 6.07) is 9.67. The van der Waals surface area contributed by atoms with Crippen LogP contribution in [-0.2, 0) is 4.79 Å². The smallest absolute Gasteiger partial charge is 0.247 e. The van der Waals surface area contributed by atoms with Crippen molar-refractivity contribution in [1.82, 2.24) is 19.9 Å². The van der Waals surface area contributed by atoms with Crippen LogP contribution in [0.5, 0.6) is 5.75 Å². The number of carbonyl (C=O) groups is 1. The van der Waals surface area contributed by atoms with Crippen molar-refractivity contribution >= 4 is 34.6 Å². The zero-order valence-corrected chi connectivity index (χ0v) is 17.5. The molecule has 31 heavy (non-hydrogen) atoms. The molecule has 9 nitrogen and oxygen atoms in total. The summed E-state index contributed by atoms with van der Waals surface area (Å²) in [5.74, 6) is 1.83. The number of ether oxygens (including phenoxy) is 1. The molecule has 0 radical (unpaired) electrons. The summed E-state index contributed by atoms with van der Waals surface area (Å²) in [6.07, 6.45) is 5.19. The molecule has 1 aliphatic rings. The zero-order valence-electron chi connectivity index (χ0n) is 17.5. The number of aromatic nitrogens is 3. The van der Waals surface area contributed by atoms with E-state index >= 15 is 0 Å². The van der Waals surface area contributed by atoms with Gasteiger partial charge in [0.15, 0.2) is 5.65 Å². The summed E-state index contributed by atoms with van der Waals surface area (Å²) in [6.45, 7) is 7.87. The van der Waals surface area contributed by atoms with Crippen LogP contribution >= 0.6 is 0 Å². The van der Waals surface area contributed by atoms with Gasteiger partial charge in [0.2, 0.25) is 5.91 Å². The lowest BCUT2D eigenvalue weighted by Gasteiger charge is -2.24. The van der Waals surface area contributed by atoms with Crippen molar-refractivity contribution in [3.8, 4) is 5.75 Å². The minimum absolute atomic E-state index is 0.302. The third-order valence-corrected chi connectivity index (χ3v) is 5.00. The Morgan fingerprint density at radius 2 is 2.29 bits per heavy atom. The summed E-state index contributed by atoms with van der Waals surface area (Å²) in [5.41, 5.74) is 2.08. The van der Waals surface area contributed by atoms with Gasteiger partial charge < -0.3 is 26.0 Å². The number of fused-ring (bicyclic) bond motifs is 1. The lowest BCUT2D eigenvalue weighted by atomic mass is 10.1. The maximum absolute atomic E-state index is 11.8. The Bertz CT molecular complexity index is 1070. The average Bonchev–Trinajstić information content (AvgIpc) is 3.25. The van der Waals surface area contributed by atoms with Gasteiger partial charge in [0.1, 0.15) is 17.4 Å². The fourth-order valence-electron chi connectivity index (χ4n) is 3.58. The normalized spacial score (nSPS) is 16.0. The van der Waals surface area contributed by atoms with Crippen LogP contribution < -0.4 is 26.0 Å². The Kier molecular flexibility index (Phi) is 6.32. The molecular weight excluding hydrogens is 394 g/mol. The maximum Gasteiger partial charge on any atom is 0.247 e. The van der Waals surface area contributed by atoms with Crippen molar-refractivity contribution in [1.29, 1.82) is 0 Å². The predicted molar refractivity (Wildman–Crippen MR) is 122 cm³/mol. The van der Waals surface area contributed by atoms with E-state index < -0.39 is 0 Å². The topological polar surface area (TPSA) is 105 Å². The van der Waals surface area contributed by atoms with Crippen molar-refractivity contribution in [2.75, 3.05) is 35.6 Å². The zero-order chi connectivity index (χ0) is 21.6. The van der Waals surface area contributed by atoms with Gasteiger partial charge in [-0.1, -0.05) is 6.58 Å². The van der Waals surface area contributed by atoms with Crippen LogP contribution in [0.3, 0.4) is 0 Å². The second kappa shape index (κ2) is 9.48. The minimum atomic E-state index is -0.302. The van der Waals surface area contributed by atoms with Crippen molar-refractivity contribution < 1.29 is 9.53 Å². The highest BCUT2D eigenvalue weighted by Gasteiger charge is 2.15. The third kappa shape index (κ3) is 4.95. The second-order valence-electron chi connectivity index (χ2n) is 7.28. The van der Waals surface area contributed by atoms with Crippen LogP contribution in [0.4, 0.5) is 23.0 Å². The molecule has 2 aromatic heterocycles. The van der Waals surface area contributed by atoms with Gasteiger partial charge in [-0.15, -0.1) is 0 Å². The molecule has 3 heterocycles. The number of benzene rings is 1. The quantitative estimate of drug-likeness (QED) is 0.414. The highest BCUT2D eigenvalue weighted by molar-refractivity contribution is 6.00. The highest BCUT2D eigenvalue weighted by atomic mass is 16.5. The van der Waals surface area contributed by atoms with E-state index in [1.807, 2.05) is 37.3 Å². The molecule has 0 aliphatic carbocycles. The van der Waals surface area contributed by atoms with Crippen molar-refractivity contribution in [2.45, 2.75) is 25.8 Å². The molecule has 162 valence electrons. The Morgan fingerprint density at radius 1 is 1.39 bits per heavy atom. The van der Waals surface area contributed by atoms with Crippen LogP contribution in [0.2, 0.25) is 0 Å². The highest BCUT2D eigenvalue weighted by Crippen LogP contribution is 2.30. The van der Waals surface area contributed by atoms with Crippen LogP contribution in [0.15, 0.2) is 49.2 Å². The van der Waals surface area contributed by atoms with Crippen molar-refractivity contribution in [2.24, 2.45) is 0 Å². The molecule has 1 fully saturated rings. The van der Waals surface area contributed by atoms with Crippen LogP contribution in [0, 0.1) is 0 Å². The monoisotopic (exact) mass is 421 g/mol. The van der Waals surface area contributed by atoms with E-state index in [0.29, 0.717) is 24.1 Å². The first-order valence-electron chi connectivity index (χ1n) is 10.5. The number of anilines is 4. The van der Waals surface area contributed by atoms with Crippen LogP contribution in [-0.4, -0.2) is 46.2 Å². The van der Waals surface area contributed by atoms with Gasteiger partial charge in [-0.05, 0) is 50.6 Å². The summed E-state index contributed by atoms with van der Waals surface area (Å²) in [4.78, 5) is 16.5. The van der Waals surface area contributed by atoms with E-state index in [1.54, 1.807) is 10.7 Å². The number of rotatable bonds is 8. The first-order chi connectivity index (χ1) is 15.2. The van der Waals surface area contributed by atoms with Gasteiger partial charge in [0.25, 0.3) is 0 Å². The molecule has 1 saturated heterocycles. The summed E-state index contributed by atoms with van der Waals surface area (Å²) < 4.78 is 7.37. The van der Waals surface area contributed by atoms with E-state index in [-0.39, 0.29) is 5.91 Å². The molecule has 1 amide bonds. The van der Waals surface area contributed by atoms with Gasteiger partial charge in [-0.25, -0.2) is 4.98 Å². The summed E-state index contributed by atoms with van der Waals surface area (Å²) in [5, 5.41) is 17.5. The van der Waals surface area contributed by atoms with E-state index in [2.05, 4.69) is 37.9 Å². The van der Waals surface area contributed by atoms with Crippen LogP contribution in [0.1, 0.15) is 19.8 Å². The number of hydrogen-bond acceptors (Lipinski definition) is 7. The molecule has 9 heteroatoms. The first-order valence-corrected chi connectivity index (χ1v) is 10.5.